The molecule has 0 spiro atoms. The average molecular weight is 415 g/mol. The van der Waals surface area contributed by atoms with Crippen LogP contribution in [0.25, 0.3) is 21.9 Å². The van der Waals surface area contributed by atoms with Crippen molar-refractivity contribution in [3.63, 3.8) is 0 Å². The summed E-state index contributed by atoms with van der Waals surface area (Å²) in [4.78, 5) is 15.4. The van der Waals surface area contributed by atoms with Crippen molar-refractivity contribution in [2.24, 2.45) is 0 Å². The van der Waals surface area contributed by atoms with Crippen molar-refractivity contribution >= 4 is 43.7 Å². The van der Waals surface area contributed by atoms with Crippen LogP contribution in [0.3, 0.4) is 0 Å². The Labute approximate surface area is 157 Å². The molecule has 4 nitrogen and oxygen atoms in total. The summed E-state index contributed by atoms with van der Waals surface area (Å²) in [6, 6.07) is 12.5. The van der Waals surface area contributed by atoms with Crippen LogP contribution in [0.4, 0.5) is 4.39 Å². The quantitative estimate of drug-likeness (QED) is 0.488. The number of carbonyl (C=O) groups is 1. The number of carbonyl (C=O) groups excluding carboxylic acids is 1. The Hall–Kier alpha value is -2.60. The maximum absolute atomic E-state index is 14.1. The van der Waals surface area contributed by atoms with Crippen LogP contribution in [0.5, 0.6) is 0 Å². The molecule has 2 aromatic carbocycles. The van der Waals surface area contributed by atoms with E-state index in [1.165, 1.54) is 6.07 Å². The zero-order valence-electron chi connectivity index (χ0n) is 14.0. The second-order valence-corrected chi connectivity index (χ2v) is 7.11. The van der Waals surface area contributed by atoms with Gasteiger partial charge in [-0.05, 0) is 43.2 Å². The Morgan fingerprint density at radius 3 is 2.88 bits per heavy atom. The number of aromatic nitrogens is 1. The third-order valence-corrected chi connectivity index (χ3v) is 4.91. The van der Waals surface area contributed by atoms with Gasteiger partial charge in [-0.25, -0.2) is 4.39 Å². The van der Waals surface area contributed by atoms with Crippen LogP contribution in [-0.2, 0) is 6.42 Å². The molecule has 1 amide bonds. The number of H-pyrrole nitrogens is 1. The standard InChI is InChI=1S/C20H16BrFN2O2/c1-11-14(15-9-13(21)10-16(22)19(15)24-11)6-7-23-20(25)18-8-12-4-2-3-5-17(12)26-18/h2-5,8-10,24H,6-7H2,1H3,(H,23,25). The van der Waals surface area contributed by atoms with Crippen molar-refractivity contribution in [2.75, 3.05) is 6.54 Å². The molecule has 0 aliphatic heterocycles. The fourth-order valence-electron chi connectivity index (χ4n) is 3.21. The second kappa shape index (κ2) is 6.61. The summed E-state index contributed by atoms with van der Waals surface area (Å²) in [5.41, 5.74) is 3.06. The van der Waals surface area contributed by atoms with E-state index in [1.807, 2.05) is 37.3 Å². The van der Waals surface area contributed by atoms with Crippen LogP contribution in [0.15, 0.2) is 51.4 Å². The Morgan fingerprint density at radius 1 is 1.27 bits per heavy atom. The van der Waals surface area contributed by atoms with E-state index in [-0.39, 0.29) is 17.5 Å². The van der Waals surface area contributed by atoms with Crippen LogP contribution in [0, 0.1) is 12.7 Å². The molecule has 0 atom stereocenters. The molecule has 0 saturated carbocycles. The van der Waals surface area contributed by atoms with E-state index in [0.717, 1.165) is 22.0 Å². The van der Waals surface area contributed by atoms with Gasteiger partial charge in [0.05, 0.1) is 5.52 Å². The Balaban J connectivity index is 1.50. The molecule has 4 rings (SSSR count). The molecule has 4 aromatic rings. The number of amides is 1. The summed E-state index contributed by atoms with van der Waals surface area (Å²) in [5, 5.41) is 4.59. The van der Waals surface area contributed by atoms with E-state index < -0.39 is 0 Å². The number of nitrogens with one attached hydrogen (secondary N) is 2. The molecule has 26 heavy (non-hydrogen) atoms. The van der Waals surface area contributed by atoms with E-state index in [2.05, 4.69) is 26.2 Å². The molecule has 0 aliphatic rings. The average Bonchev–Trinajstić information content (AvgIpc) is 3.17. The molecule has 132 valence electrons. The number of hydrogen-bond donors (Lipinski definition) is 2. The Morgan fingerprint density at radius 2 is 2.08 bits per heavy atom. The normalized spacial score (nSPS) is 11.3. The van der Waals surface area contributed by atoms with Gasteiger partial charge >= 0.3 is 0 Å². The van der Waals surface area contributed by atoms with Crippen molar-refractivity contribution < 1.29 is 13.6 Å². The van der Waals surface area contributed by atoms with Gasteiger partial charge in [-0.1, -0.05) is 34.1 Å². The summed E-state index contributed by atoms with van der Waals surface area (Å²) in [5.74, 6) is -0.267. The van der Waals surface area contributed by atoms with Crippen LogP contribution in [0.1, 0.15) is 21.8 Å². The first kappa shape index (κ1) is 16.8. The summed E-state index contributed by atoms with van der Waals surface area (Å²) >= 11 is 3.33. The molecule has 0 fully saturated rings. The monoisotopic (exact) mass is 414 g/mol. The van der Waals surface area contributed by atoms with Gasteiger partial charge in [-0.15, -0.1) is 0 Å². The van der Waals surface area contributed by atoms with Crippen LogP contribution in [-0.4, -0.2) is 17.4 Å². The first-order valence-electron chi connectivity index (χ1n) is 8.26. The van der Waals surface area contributed by atoms with Crippen molar-refractivity contribution in [1.29, 1.82) is 0 Å². The number of aromatic amines is 1. The lowest BCUT2D eigenvalue weighted by Crippen LogP contribution is -2.25. The molecule has 2 heterocycles. The predicted molar refractivity (Wildman–Crippen MR) is 103 cm³/mol. The second-order valence-electron chi connectivity index (χ2n) is 6.19. The minimum absolute atomic E-state index is 0.258. The number of para-hydroxylation sites is 1. The number of hydrogen-bond acceptors (Lipinski definition) is 2. The van der Waals surface area contributed by atoms with Crippen LogP contribution < -0.4 is 5.32 Å². The summed E-state index contributed by atoms with van der Waals surface area (Å²) in [6.45, 7) is 2.33. The first-order valence-corrected chi connectivity index (χ1v) is 9.05. The van der Waals surface area contributed by atoms with Gasteiger partial charge in [0.15, 0.2) is 5.76 Å². The largest absolute Gasteiger partial charge is 0.451 e. The van der Waals surface area contributed by atoms with Gasteiger partial charge in [0.25, 0.3) is 5.91 Å². The van der Waals surface area contributed by atoms with Gasteiger partial charge in [0.1, 0.15) is 11.4 Å². The minimum atomic E-state index is -0.296. The summed E-state index contributed by atoms with van der Waals surface area (Å²) in [7, 11) is 0. The third-order valence-electron chi connectivity index (χ3n) is 4.46. The topological polar surface area (TPSA) is 58.0 Å². The van der Waals surface area contributed by atoms with Gasteiger partial charge < -0.3 is 14.7 Å². The molecule has 0 bridgehead atoms. The van der Waals surface area contributed by atoms with Crippen LogP contribution in [0.2, 0.25) is 0 Å². The van der Waals surface area contributed by atoms with E-state index >= 15 is 0 Å². The molecule has 0 unspecified atom stereocenters. The van der Waals surface area contributed by atoms with Gasteiger partial charge in [0, 0.05) is 27.5 Å². The highest BCUT2D eigenvalue weighted by molar-refractivity contribution is 9.10. The number of aryl methyl sites for hydroxylation is 1. The van der Waals surface area contributed by atoms with E-state index in [9.17, 15) is 9.18 Å². The number of rotatable bonds is 4. The predicted octanol–water partition coefficient (Wildman–Crippen LogP) is 5.10. The maximum Gasteiger partial charge on any atom is 0.287 e. The summed E-state index contributed by atoms with van der Waals surface area (Å²) < 4.78 is 20.3. The number of halogens is 2. The lowest BCUT2D eigenvalue weighted by atomic mass is 10.1. The SMILES string of the molecule is Cc1[nH]c2c(F)cc(Br)cc2c1CCNC(=O)c1cc2ccccc2o1. The first-order chi connectivity index (χ1) is 12.5. The molecule has 0 aliphatic carbocycles. The molecule has 0 radical (unpaired) electrons. The van der Waals surface area contributed by atoms with Crippen LogP contribution >= 0.6 is 15.9 Å². The van der Waals surface area contributed by atoms with E-state index in [4.69, 9.17) is 4.42 Å². The fourth-order valence-corrected chi connectivity index (χ4v) is 3.64. The Bertz CT molecular complexity index is 1100. The number of fused-ring (bicyclic) bond motifs is 2. The number of furan rings is 1. The van der Waals surface area contributed by atoms with E-state index in [1.54, 1.807) is 6.07 Å². The molecular weight excluding hydrogens is 399 g/mol. The fraction of sp³-hybridized carbons (Fsp3) is 0.150. The summed E-state index contributed by atoms with van der Waals surface area (Å²) in [6.07, 6.45) is 0.591. The minimum Gasteiger partial charge on any atom is -0.451 e. The molecule has 2 aromatic heterocycles. The smallest absolute Gasteiger partial charge is 0.287 e. The van der Waals surface area contributed by atoms with Crippen molar-refractivity contribution in [2.45, 2.75) is 13.3 Å². The van der Waals surface area contributed by atoms with Crippen molar-refractivity contribution in [1.82, 2.24) is 10.3 Å². The number of benzene rings is 2. The zero-order chi connectivity index (χ0) is 18.3. The maximum atomic E-state index is 14.1. The molecule has 2 N–H and O–H groups in total. The van der Waals surface area contributed by atoms with Crippen molar-refractivity contribution in [3.05, 3.63) is 69.8 Å². The molecular formula is C20H16BrFN2O2. The highest BCUT2D eigenvalue weighted by Crippen LogP contribution is 2.28. The van der Waals surface area contributed by atoms with Gasteiger partial charge in [-0.3, -0.25) is 4.79 Å². The molecule has 6 heteroatoms. The highest BCUT2D eigenvalue weighted by Gasteiger charge is 2.15. The molecule has 0 saturated heterocycles. The van der Waals surface area contributed by atoms with E-state index in [0.29, 0.717) is 28.5 Å². The highest BCUT2D eigenvalue weighted by atomic mass is 79.9. The third kappa shape index (κ3) is 3.01. The zero-order valence-corrected chi connectivity index (χ0v) is 15.6. The lowest BCUT2D eigenvalue weighted by molar-refractivity contribution is 0.0928. The Kier molecular flexibility index (Phi) is 4.28. The van der Waals surface area contributed by atoms with Gasteiger partial charge in [-0.2, -0.15) is 0 Å². The van der Waals surface area contributed by atoms with Crippen molar-refractivity contribution in [3.8, 4) is 0 Å². The van der Waals surface area contributed by atoms with Gasteiger partial charge in [0.2, 0.25) is 0 Å². The lowest BCUT2D eigenvalue weighted by Gasteiger charge is -2.04.